The van der Waals surface area contributed by atoms with Gasteiger partial charge in [0.2, 0.25) is 0 Å². The van der Waals surface area contributed by atoms with Crippen molar-refractivity contribution in [2.45, 2.75) is 31.8 Å². The van der Waals surface area contributed by atoms with E-state index in [9.17, 15) is 10.1 Å². The molecule has 6 heteroatoms. The van der Waals surface area contributed by atoms with Crippen molar-refractivity contribution in [3.05, 3.63) is 72.1 Å². The number of nitrogens with one attached hydrogen (secondary N) is 1. The van der Waals surface area contributed by atoms with Crippen LogP contribution in [-0.2, 0) is 0 Å². The molecule has 1 saturated carbocycles. The van der Waals surface area contributed by atoms with Gasteiger partial charge in [0.15, 0.2) is 5.78 Å². The number of pyridine rings is 2. The summed E-state index contributed by atoms with van der Waals surface area (Å²) in [6, 6.07) is 18.6. The zero-order valence-corrected chi connectivity index (χ0v) is 18.0. The van der Waals surface area contributed by atoms with E-state index in [1.54, 1.807) is 6.92 Å². The van der Waals surface area contributed by atoms with Crippen molar-refractivity contribution < 1.29 is 4.79 Å². The molecule has 1 aromatic carbocycles. The highest BCUT2D eigenvalue weighted by Crippen LogP contribution is 2.36. The first-order valence-electron chi connectivity index (χ1n) is 10.7. The van der Waals surface area contributed by atoms with Gasteiger partial charge < -0.3 is 9.88 Å². The van der Waals surface area contributed by atoms with E-state index in [0.29, 0.717) is 23.2 Å². The van der Waals surface area contributed by atoms with Crippen molar-refractivity contribution >= 4 is 16.8 Å². The van der Waals surface area contributed by atoms with Crippen LogP contribution in [0.2, 0.25) is 0 Å². The standard InChI is InChI=1S/C26H23N5O/c1-16(32)17-3-5-18(6-4-17)24-9-7-19(14-29-24)25-10-8-23-20(13-27)15-31(26(23)30-25)22-11-21(12-22)28-2/h3-10,14-15,21-22,28H,11-12H2,1-2H3. The molecule has 1 aliphatic rings. The van der Waals surface area contributed by atoms with Gasteiger partial charge in [0.05, 0.1) is 17.0 Å². The number of Topliss-reactive ketones (excluding diaryl/α,β-unsaturated/α-hetero) is 1. The quantitative estimate of drug-likeness (QED) is 0.470. The topological polar surface area (TPSA) is 83.6 Å². The smallest absolute Gasteiger partial charge is 0.159 e. The molecule has 3 aromatic heterocycles. The van der Waals surface area contributed by atoms with Gasteiger partial charge in [-0.1, -0.05) is 24.3 Å². The van der Waals surface area contributed by atoms with E-state index in [4.69, 9.17) is 4.98 Å². The van der Waals surface area contributed by atoms with Crippen LogP contribution >= 0.6 is 0 Å². The number of ketones is 1. The van der Waals surface area contributed by atoms with Crippen LogP contribution in [0.5, 0.6) is 0 Å². The molecule has 158 valence electrons. The Morgan fingerprint density at radius 3 is 2.41 bits per heavy atom. The number of benzene rings is 1. The fraction of sp³-hybridized carbons (Fsp3) is 0.231. The maximum atomic E-state index is 11.5. The first-order chi connectivity index (χ1) is 15.6. The zero-order chi connectivity index (χ0) is 22.2. The number of carbonyl (C=O) groups excluding carboxylic acids is 1. The SMILES string of the molecule is CNC1CC(n2cc(C#N)c3ccc(-c4ccc(-c5ccc(C(C)=O)cc5)nc4)nc32)C1. The molecule has 0 amide bonds. The Morgan fingerprint density at radius 2 is 1.78 bits per heavy atom. The molecule has 1 N–H and O–H groups in total. The highest BCUT2D eigenvalue weighted by Gasteiger charge is 2.31. The first kappa shape index (κ1) is 20.1. The second-order valence-corrected chi connectivity index (χ2v) is 8.31. The summed E-state index contributed by atoms with van der Waals surface area (Å²) in [6.45, 7) is 1.56. The second kappa shape index (κ2) is 8.03. The molecule has 0 aliphatic heterocycles. The summed E-state index contributed by atoms with van der Waals surface area (Å²) in [4.78, 5) is 21.0. The fourth-order valence-corrected chi connectivity index (χ4v) is 4.30. The fourth-order valence-electron chi connectivity index (χ4n) is 4.30. The van der Waals surface area contributed by atoms with Crippen molar-refractivity contribution in [1.29, 1.82) is 5.26 Å². The Hall–Kier alpha value is -3.82. The molecule has 1 fully saturated rings. The summed E-state index contributed by atoms with van der Waals surface area (Å²) in [6.07, 6.45) is 5.83. The predicted octanol–water partition coefficient (Wildman–Crippen LogP) is 4.76. The Labute approximate surface area is 186 Å². The Bertz CT molecular complexity index is 1340. The van der Waals surface area contributed by atoms with Crippen molar-refractivity contribution in [2.75, 3.05) is 7.05 Å². The molecule has 32 heavy (non-hydrogen) atoms. The Balaban J connectivity index is 1.47. The number of nitriles is 1. The number of rotatable bonds is 5. The van der Waals surface area contributed by atoms with E-state index >= 15 is 0 Å². The van der Waals surface area contributed by atoms with Crippen LogP contribution in [-0.4, -0.2) is 33.4 Å². The van der Waals surface area contributed by atoms with Gasteiger partial charge in [0.25, 0.3) is 0 Å². The van der Waals surface area contributed by atoms with Crippen LogP contribution in [0.3, 0.4) is 0 Å². The van der Waals surface area contributed by atoms with Gasteiger partial charge in [-0.3, -0.25) is 9.78 Å². The lowest BCUT2D eigenvalue weighted by Gasteiger charge is -2.36. The third kappa shape index (κ3) is 3.47. The van der Waals surface area contributed by atoms with Crippen molar-refractivity contribution in [2.24, 2.45) is 0 Å². The van der Waals surface area contributed by atoms with Crippen LogP contribution in [0.4, 0.5) is 0 Å². The van der Waals surface area contributed by atoms with E-state index in [1.165, 1.54) is 0 Å². The molecule has 0 bridgehead atoms. The van der Waals surface area contributed by atoms with Gasteiger partial charge in [-0.25, -0.2) is 4.98 Å². The van der Waals surface area contributed by atoms with E-state index in [0.717, 1.165) is 46.4 Å². The average molecular weight is 422 g/mol. The largest absolute Gasteiger partial charge is 0.328 e. The number of aromatic nitrogens is 3. The van der Waals surface area contributed by atoms with E-state index < -0.39 is 0 Å². The second-order valence-electron chi connectivity index (χ2n) is 8.31. The first-order valence-corrected chi connectivity index (χ1v) is 10.7. The van der Waals surface area contributed by atoms with E-state index in [-0.39, 0.29) is 5.78 Å². The van der Waals surface area contributed by atoms with Crippen LogP contribution < -0.4 is 5.32 Å². The molecule has 5 rings (SSSR count). The minimum atomic E-state index is 0.0500. The summed E-state index contributed by atoms with van der Waals surface area (Å²) in [5.74, 6) is 0.0500. The van der Waals surface area contributed by atoms with Gasteiger partial charge in [0.1, 0.15) is 11.7 Å². The van der Waals surface area contributed by atoms with Crippen molar-refractivity contribution in [3.8, 4) is 28.6 Å². The van der Waals surface area contributed by atoms with Crippen LogP contribution in [0.1, 0.15) is 41.7 Å². The highest BCUT2D eigenvalue weighted by atomic mass is 16.1. The third-order valence-electron chi connectivity index (χ3n) is 6.36. The summed E-state index contributed by atoms with van der Waals surface area (Å²) >= 11 is 0. The van der Waals surface area contributed by atoms with Gasteiger partial charge in [0, 0.05) is 46.6 Å². The molecular weight excluding hydrogens is 398 g/mol. The molecule has 0 spiro atoms. The van der Waals surface area contributed by atoms with E-state index in [2.05, 4.69) is 20.9 Å². The normalized spacial score (nSPS) is 17.7. The number of fused-ring (bicyclic) bond motifs is 1. The van der Waals surface area contributed by atoms with Gasteiger partial charge in [-0.15, -0.1) is 0 Å². The number of hydrogen-bond donors (Lipinski definition) is 1. The monoisotopic (exact) mass is 421 g/mol. The van der Waals surface area contributed by atoms with Crippen molar-refractivity contribution in [1.82, 2.24) is 19.9 Å². The molecule has 1 aliphatic carbocycles. The van der Waals surface area contributed by atoms with Crippen LogP contribution in [0, 0.1) is 11.3 Å². The number of hydrogen-bond acceptors (Lipinski definition) is 5. The maximum Gasteiger partial charge on any atom is 0.159 e. The maximum absolute atomic E-state index is 11.5. The minimum absolute atomic E-state index is 0.0500. The average Bonchev–Trinajstić information content (AvgIpc) is 3.16. The number of carbonyl (C=O) groups is 1. The van der Waals surface area contributed by atoms with Crippen LogP contribution in [0.25, 0.3) is 33.5 Å². The highest BCUT2D eigenvalue weighted by molar-refractivity contribution is 5.94. The molecular formula is C26H23N5O. The molecule has 0 saturated heterocycles. The molecule has 6 nitrogen and oxygen atoms in total. The predicted molar refractivity (Wildman–Crippen MR) is 124 cm³/mol. The van der Waals surface area contributed by atoms with Gasteiger partial charge >= 0.3 is 0 Å². The molecule has 0 unspecified atom stereocenters. The lowest BCUT2D eigenvalue weighted by atomic mass is 9.87. The molecule has 4 aromatic rings. The molecule has 0 atom stereocenters. The zero-order valence-electron chi connectivity index (χ0n) is 18.0. The summed E-state index contributed by atoms with van der Waals surface area (Å²) < 4.78 is 2.16. The van der Waals surface area contributed by atoms with E-state index in [1.807, 2.05) is 68.0 Å². The lowest BCUT2D eigenvalue weighted by molar-refractivity contribution is 0.101. The Kier molecular flexibility index (Phi) is 5.04. The summed E-state index contributed by atoms with van der Waals surface area (Å²) in [5, 5.41) is 13.8. The summed E-state index contributed by atoms with van der Waals surface area (Å²) in [5.41, 5.74) is 5.75. The third-order valence-corrected chi connectivity index (χ3v) is 6.36. The number of nitrogens with zero attached hydrogens (tertiary/aromatic N) is 4. The lowest BCUT2D eigenvalue weighted by Crippen LogP contribution is -2.40. The molecule has 3 heterocycles. The summed E-state index contributed by atoms with van der Waals surface area (Å²) in [7, 11) is 1.99. The minimum Gasteiger partial charge on any atom is -0.328 e. The van der Waals surface area contributed by atoms with Crippen LogP contribution in [0.15, 0.2) is 60.9 Å². The molecule has 0 radical (unpaired) electrons. The van der Waals surface area contributed by atoms with Gasteiger partial charge in [-0.2, -0.15) is 5.26 Å². The van der Waals surface area contributed by atoms with Crippen molar-refractivity contribution in [3.63, 3.8) is 0 Å². The van der Waals surface area contributed by atoms with Gasteiger partial charge in [-0.05, 0) is 51.1 Å². The Morgan fingerprint density at radius 1 is 1.06 bits per heavy atom.